The number of amides is 2. The molecule has 6 nitrogen and oxygen atoms in total. The summed E-state index contributed by atoms with van der Waals surface area (Å²) < 4.78 is 13.3. The third kappa shape index (κ3) is 3.76. The molecule has 2 rings (SSSR count). The fraction of sp³-hybridized carbons (Fsp3) is 0.154. The third-order valence-corrected chi connectivity index (χ3v) is 3.70. The zero-order chi connectivity index (χ0) is 15.4. The van der Waals surface area contributed by atoms with Crippen LogP contribution in [0.25, 0.3) is 0 Å². The van der Waals surface area contributed by atoms with Gasteiger partial charge in [-0.2, -0.15) is 0 Å². The molecule has 0 fully saturated rings. The van der Waals surface area contributed by atoms with Crippen LogP contribution in [0.15, 0.2) is 24.3 Å². The molecular formula is C13H12FN3O3S. The van der Waals surface area contributed by atoms with Crippen molar-refractivity contribution >= 4 is 29.0 Å². The lowest BCUT2D eigenvalue weighted by atomic mass is 10.3. The summed E-state index contributed by atoms with van der Waals surface area (Å²) in [6.07, 6.45) is 0. The number of carbonyl (C=O) groups excluding carboxylic acids is 1. The van der Waals surface area contributed by atoms with Gasteiger partial charge in [-0.1, -0.05) is 12.1 Å². The second kappa shape index (κ2) is 6.31. The van der Waals surface area contributed by atoms with Crippen LogP contribution in [0.1, 0.15) is 20.4 Å². The Balaban J connectivity index is 1.94. The first-order valence-electron chi connectivity index (χ1n) is 5.96. The number of aromatic nitrogens is 1. The maximum atomic E-state index is 13.3. The predicted molar refractivity (Wildman–Crippen MR) is 76.1 cm³/mol. The van der Waals surface area contributed by atoms with E-state index in [1.807, 2.05) is 0 Å². The van der Waals surface area contributed by atoms with Crippen LogP contribution in [-0.2, 0) is 6.54 Å². The Bertz CT molecular complexity index is 687. The molecule has 3 N–H and O–H groups in total. The Hall–Kier alpha value is -2.48. The lowest BCUT2D eigenvalue weighted by Crippen LogP contribution is -2.28. The number of urea groups is 1. The summed E-state index contributed by atoms with van der Waals surface area (Å²) in [5.41, 5.74) is 0.468. The molecule has 8 heteroatoms. The van der Waals surface area contributed by atoms with Crippen LogP contribution in [0.3, 0.4) is 0 Å². The number of aryl methyl sites for hydroxylation is 1. The lowest BCUT2D eigenvalue weighted by molar-refractivity contribution is 0.0701. The monoisotopic (exact) mass is 309 g/mol. The normalized spacial score (nSPS) is 10.2. The van der Waals surface area contributed by atoms with Crippen LogP contribution in [0, 0.1) is 12.7 Å². The molecule has 2 amide bonds. The second-order valence-electron chi connectivity index (χ2n) is 4.11. The molecule has 0 aliphatic rings. The van der Waals surface area contributed by atoms with Gasteiger partial charge < -0.3 is 15.7 Å². The molecular weight excluding hydrogens is 297 g/mol. The minimum atomic E-state index is -1.05. The number of nitrogens with one attached hydrogen (secondary N) is 2. The summed E-state index contributed by atoms with van der Waals surface area (Å²) in [5, 5.41) is 14.2. The van der Waals surface area contributed by atoms with Gasteiger partial charge in [0.25, 0.3) is 0 Å². The van der Waals surface area contributed by atoms with Crippen LogP contribution in [0.5, 0.6) is 0 Å². The van der Waals surface area contributed by atoms with E-state index in [9.17, 15) is 14.0 Å². The van der Waals surface area contributed by atoms with Crippen LogP contribution in [0.4, 0.5) is 14.9 Å². The van der Waals surface area contributed by atoms with Crippen molar-refractivity contribution in [3.63, 3.8) is 0 Å². The molecule has 0 bridgehead atoms. The van der Waals surface area contributed by atoms with Crippen molar-refractivity contribution < 1.29 is 19.1 Å². The number of carbonyl (C=O) groups is 2. The molecule has 0 aliphatic carbocycles. The molecule has 0 unspecified atom stereocenters. The molecule has 1 aromatic carbocycles. The second-order valence-corrected chi connectivity index (χ2v) is 5.20. The summed E-state index contributed by atoms with van der Waals surface area (Å²) in [6, 6.07) is 5.20. The molecule has 0 atom stereocenters. The van der Waals surface area contributed by atoms with Crippen molar-refractivity contribution in [1.29, 1.82) is 0 Å². The number of anilines is 1. The number of carboxylic acids is 1. The lowest BCUT2D eigenvalue weighted by Gasteiger charge is -2.06. The van der Waals surface area contributed by atoms with Gasteiger partial charge in [0, 0.05) is 0 Å². The van der Waals surface area contributed by atoms with Gasteiger partial charge in [0.15, 0.2) is 0 Å². The van der Waals surface area contributed by atoms with Crippen LogP contribution < -0.4 is 10.6 Å². The van der Waals surface area contributed by atoms with Crippen molar-refractivity contribution in [1.82, 2.24) is 10.3 Å². The first kappa shape index (κ1) is 14.9. The minimum Gasteiger partial charge on any atom is -0.477 e. The van der Waals surface area contributed by atoms with E-state index in [-0.39, 0.29) is 17.1 Å². The first-order chi connectivity index (χ1) is 9.97. The molecule has 0 spiro atoms. The molecule has 1 heterocycles. The molecule has 1 aromatic heterocycles. The molecule has 0 radical (unpaired) electrons. The van der Waals surface area contributed by atoms with E-state index in [0.717, 1.165) is 11.3 Å². The highest BCUT2D eigenvalue weighted by Crippen LogP contribution is 2.18. The van der Waals surface area contributed by atoms with Crippen LogP contribution >= 0.6 is 11.3 Å². The number of halogens is 1. The van der Waals surface area contributed by atoms with E-state index in [2.05, 4.69) is 15.6 Å². The smallest absolute Gasteiger partial charge is 0.347 e. The van der Waals surface area contributed by atoms with E-state index in [4.69, 9.17) is 5.11 Å². The number of rotatable bonds is 4. The van der Waals surface area contributed by atoms with Gasteiger partial charge in [-0.3, -0.25) is 0 Å². The third-order valence-electron chi connectivity index (χ3n) is 2.56. The number of nitrogens with zero attached hydrogens (tertiary/aromatic N) is 1. The highest BCUT2D eigenvalue weighted by atomic mass is 32.1. The van der Waals surface area contributed by atoms with Gasteiger partial charge in [0.05, 0.1) is 17.9 Å². The van der Waals surface area contributed by atoms with Crippen molar-refractivity contribution in [3.05, 3.63) is 45.7 Å². The number of thiazole rings is 1. The molecule has 21 heavy (non-hydrogen) atoms. The van der Waals surface area contributed by atoms with Crippen LogP contribution in [-0.4, -0.2) is 22.1 Å². The summed E-state index contributed by atoms with van der Waals surface area (Å²) in [4.78, 5) is 26.7. The highest BCUT2D eigenvalue weighted by molar-refractivity contribution is 7.13. The van der Waals surface area contributed by atoms with Crippen LogP contribution in [0.2, 0.25) is 0 Å². The summed E-state index contributed by atoms with van der Waals surface area (Å²) in [7, 11) is 0. The molecule has 0 saturated carbocycles. The Morgan fingerprint density at radius 2 is 2.10 bits per heavy atom. The van der Waals surface area contributed by atoms with E-state index in [1.165, 1.54) is 18.2 Å². The fourth-order valence-corrected chi connectivity index (χ4v) is 2.45. The summed E-state index contributed by atoms with van der Waals surface area (Å²) in [6.45, 7) is 1.65. The predicted octanol–water partition coefficient (Wildman–Crippen LogP) is 2.61. The van der Waals surface area contributed by atoms with Crippen molar-refractivity contribution in [2.75, 3.05) is 5.32 Å². The largest absolute Gasteiger partial charge is 0.477 e. The number of aromatic carboxylic acids is 1. The fourth-order valence-electron chi connectivity index (χ4n) is 1.61. The van der Waals surface area contributed by atoms with Gasteiger partial charge in [-0.15, -0.1) is 11.3 Å². The van der Waals surface area contributed by atoms with Crippen molar-refractivity contribution in [3.8, 4) is 0 Å². The Kier molecular flexibility index (Phi) is 4.49. The van der Waals surface area contributed by atoms with Gasteiger partial charge in [-0.25, -0.2) is 19.0 Å². The van der Waals surface area contributed by atoms with E-state index in [0.29, 0.717) is 10.7 Å². The first-order valence-corrected chi connectivity index (χ1v) is 6.78. The van der Waals surface area contributed by atoms with Gasteiger partial charge in [-0.05, 0) is 19.1 Å². The molecule has 2 aromatic rings. The zero-order valence-corrected chi connectivity index (χ0v) is 11.8. The van der Waals surface area contributed by atoms with E-state index >= 15 is 0 Å². The average molecular weight is 309 g/mol. The Morgan fingerprint density at radius 3 is 2.71 bits per heavy atom. The van der Waals surface area contributed by atoms with E-state index in [1.54, 1.807) is 13.0 Å². The number of benzene rings is 1. The minimum absolute atomic E-state index is 0.0662. The van der Waals surface area contributed by atoms with Crippen molar-refractivity contribution in [2.24, 2.45) is 0 Å². The number of para-hydroxylation sites is 1. The van der Waals surface area contributed by atoms with Gasteiger partial charge in [0.1, 0.15) is 15.7 Å². The maximum absolute atomic E-state index is 13.3. The maximum Gasteiger partial charge on any atom is 0.347 e. The SMILES string of the molecule is Cc1nc(CNC(=O)Nc2ccccc2F)sc1C(=O)O. The Morgan fingerprint density at radius 1 is 1.38 bits per heavy atom. The zero-order valence-electron chi connectivity index (χ0n) is 11.0. The number of carboxylic acid groups (broad SMARTS) is 1. The van der Waals surface area contributed by atoms with Crippen molar-refractivity contribution in [2.45, 2.75) is 13.5 Å². The summed E-state index contributed by atoms with van der Waals surface area (Å²) >= 11 is 0.992. The number of hydrogen-bond donors (Lipinski definition) is 3. The molecule has 110 valence electrons. The standard InChI is InChI=1S/C13H12FN3O3S/c1-7-11(12(18)19)21-10(16-7)6-15-13(20)17-9-5-3-2-4-8(9)14/h2-5H,6H2,1H3,(H,18,19)(H2,15,17,20). The number of hydrogen-bond acceptors (Lipinski definition) is 4. The summed E-state index contributed by atoms with van der Waals surface area (Å²) in [5.74, 6) is -1.59. The van der Waals surface area contributed by atoms with Gasteiger partial charge >= 0.3 is 12.0 Å². The van der Waals surface area contributed by atoms with Gasteiger partial charge in [0.2, 0.25) is 0 Å². The highest BCUT2D eigenvalue weighted by Gasteiger charge is 2.14. The van der Waals surface area contributed by atoms with E-state index < -0.39 is 17.8 Å². The quantitative estimate of drug-likeness (QED) is 0.809. The Labute approximate surface area is 123 Å². The average Bonchev–Trinajstić information content (AvgIpc) is 2.80. The molecule has 0 aliphatic heterocycles. The topological polar surface area (TPSA) is 91.3 Å². The molecule has 0 saturated heterocycles.